The number of hydrogen-bond acceptors (Lipinski definition) is 1. The molecule has 0 saturated carbocycles. The van der Waals surface area contributed by atoms with Gasteiger partial charge in [0.25, 0.3) is 0 Å². The highest BCUT2D eigenvalue weighted by Gasteiger charge is 2.15. The molecular weight excluding hydrogens is 266 g/mol. The van der Waals surface area contributed by atoms with E-state index in [1.807, 2.05) is 0 Å². The van der Waals surface area contributed by atoms with Crippen molar-refractivity contribution in [3.63, 3.8) is 0 Å². The second-order valence-corrected chi connectivity index (χ2v) is 4.45. The third kappa shape index (κ3) is 1.99. The highest BCUT2D eigenvalue weighted by atomic mass is 35.5. The van der Waals surface area contributed by atoms with E-state index in [4.69, 9.17) is 34.8 Å². The monoisotopic (exact) mass is 272 g/mol. The van der Waals surface area contributed by atoms with E-state index < -0.39 is 0 Å². The normalized spacial score (nSPS) is 10.4. The zero-order valence-corrected chi connectivity index (χ0v) is 10.3. The molecule has 2 rings (SSSR count). The van der Waals surface area contributed by atoms with Crippen molar-refractivity contribution in [2.45, 2.75) is 0 Å². The van der Waals surface area contributed by atoms with Gasteiger partial charge < -0.3 is 5.11 Å². The summed E-state index contributed by atoms with van der Waals surface area (Å²) in [6.07, 6.45) is 0. The van der Waals surface area contributed by atoms with Gasteiger partial charge in [-0.2, -0.15) is 0 Å². The Morgan fingerprint density at radius 3 is 1.62 bits per heavy atom. The summed E-state index contributed by atoms with van der Waals surface area (Å²) in [7, 11) is 0. The largest absolute Gasteiger partial charge is 0.507 e. The molecule has 2 aromatic carbocycles. The van der Waals surface area contributed by atoms with Gasteiger partial charge in [-0.15, -0.1) is 0 Å². The molecule has 0 aromatic heterocycles. The molecule has 0 radical (unpaired) electrons. The van der Waals surface area contributed by atoms with Crippen LogP contribution in [0, 0.1) is 0 Å². The second kappa shape index (κ2) is 4.54. The summed E-state index contributed by atoms with van der Waals surface area (Å²) in [4.78, 5) is 0. The number of phenolic OH excluding ortho intramolecular Hbond substituents is 1. The van der Waals surface area contributed by atoms with Crippen LogP contribution in [0.25, 0.3) is 11.1 Å². The number of aromatic hydroxyl groups is 1. The Bertz CT molecular complexity index is 448. The van der Waals surface area contributed by atoms with E-state index in [9.17, 15) is 5.11 Å². The molecule has 2 aromatic rings. The summed E-state index contributed by atoms with van der Waals surface area (Å²) < 4.78 is 0. The summed E-state index contributed by atoms with van der Waals surface area (Å²) in [6.45, 7) is 0. The molecule has 16 heavy (non-hydrogen) atoms. The predicted octanol–water partition coefficient (Wildman–Crippen LogP) is 5.02. The minimum Gasteiger partial charge on any atom is -0.507 e. The molecule has 0 amide bonds. The molecule has 0 bridgehead atoms. The molecule has 1 nitrogen and oxygen atoms in total. The van der Waals surface area contributed by atoms with E-state index in [0.717, 1.165) is 0 Å². The van der Waals surface area contributed by atoms with Crippen LogP contribution < -0.4 is 0 Å². The summed E-state index contributed by atoms with van der Waals surface area (Å²) in [6, 6.07) is 10.0. The number of rotatable bonds is 1. The first-order valence-corrected chi connectivity index (χ1v) is 5.66. The fourth-order valence-corrected chi connectivity index (χ4v) is 2.35. The third-order valence-electron chi connectivity index (χ3n) is 2.20. The lowest BCUT2D eigenvalue weighted by atomic mass is 10.0. The van der Waals surface area contributed by atoms with Crippen molar-refractivity contribution in [3.05, 3.63) is 51.5 Å². The van der Waals surface area contributed by atoms with Crippen LogP contribution in [0.1, 0.15) is 0 Å². The van der Waals surface area contributed by atoms with Crippen LogP contribution in [-0.2, 0) is 0 Å². The topological polar surface area (TPSA) is 20.2 Å². The molecule has 0 atom stereocenters. The van der Waals surface area contributed by atoms with E-state index in [-0.39, 0.29) is 5.75 Å². The van der Waals surface area contributed by atoms with Crippen molar-refractivity contribution in [1.82, 2.24) is 0 Å². The predicted molar refractivity (Wildman–Crippen MR) is 68.6 cm³/mol. The van der Waals surface area contributed by atoms with E-state index in [0.29, 0.717) is 26.2 Å². The molecule has 0 saturated heterocycles. The maximum Gasteiger partial charge on any atom is 0.125 e. The molecule has 0 unspecified atom stereocenters. The van der Waals surface area contributed by atoms with Crippen molar-refractivity contribution in [1.29, 1.82) is 0 Å². The molecule has 0 aliphatic heterocycles. The van der Waals surface area contributed by atoms with Gasteiger partial charge in [-0.25, -0.2) is 0 Å². The zero-order valence-electron chi connectivity index (χ0n) is 8.05. The maximum atomic E-state index is 9.79. The lowest BCUT2D eigenvalue weighted by Gasteiger charge is -2.10. The van der Waals surface area contributed by atoms with E-state index in [2.05, 4.69) is 0 Å². The minimum absolute atomic E-state index is 0.0579. The Kier molecular flexibility index (Phi) is 3.29. The van der Waals surface area contributed by atoms with E-state index >= 15 is 0 Å². The van der Waals surface area contributed by atoms with Gasteiger partial charge in [0.05, 0.1) is 15.1 Å². The van der Waals surface area contributed by atoms with Crippen LogP contribution in [0.4, 0.5) is 0 Å². The quantitative estimate of drug-likeness (QED) is 0.773. The smallest absolute Gasteiger partial charge is 0.125 e. The Morgan fingerprint density at radius 2 is 1.12 bits per heavy atom. The number of hydrogen-bond donors (Lipinski definition) is 1. The Hall–Kier alpha value is -0.890. The minimum atomic E-state index is 0.0579. The average molecular weight is 274 g/mol. The molecule has 0 fully saturated rings. The van der Waals surface area contributed by atoms with Crippen LogP contribution >= 0.6 is 34.8 Å². The van der Waals surface area contributed by atoms with Crippen LogP contribution in [0.5, 0.6) is 5.75 Å². The van der Waals surface area contributed by atoms with E-state index in [1.54, 1.807) is 36.4 Å². The lowest BCUT2D eigenvalue weighted by molar-refractivity contribution is 0.477. The third-order valence-corrected chi connectivity index (χ3v) is 3.15. The first-order valence-electron chi connectivity index (χ1n) is 4.53. The molecule has 0 aliphatic carbocycles. The lowest BCUT2D eigenvalue weighted by Crippen LogP contribution is -1.84. The number of halogens is 3. The first kappa shape index (κ1) is 11.6. The first-order chi connectivity index (χ1) is 7.61. The maximum absolute atomic E-state index is 9.79. The van der Waals surface area contributed by atoms with Gasteiger partial charge in [-0.1, -0.05) is 46.9 Å². The van der Waals surface area contributed by atoms with Gasteiger partial charge in [0.15, 0.2) is 0 Å². The molecule has 0 heterocycles. The van der Waals surface area contributed by atoms with Crippen molar-refractivity contribution in [2.24, 2.45) is 0 Å². The molecule has 0 aliphatic rings. The molecular formula is C12H7Cl3O. The van der Waals surface area contributed by atoms with E-state index in [1.165, 1.54) is 0 Å². The molecule has 1 N–H and O–H groups in total. The molecule has 0 spiro atoms. The van der Waals surface area contributed by atoms with Gasteiger partial charge in [0.1, 0.15) is 5.75 Å². The Labute approximate surface area is 108 Å². The molecule has 82 valence electrons. The van der Waals surface area contributed by atoms with Crippen molar-refractivity contribution < 1.29 is 5.11 Å². The number of benzene rings is 2. The van der Waals surface area contributed by atoms with Crippen LogP contribution in [-0.4, -0.2) is 5.11 Å². The number of phenols is 1. The second-order valence-electron chi connectivity index (χ2n) is 3.23. The summed E-state index contributed by atoms with van der Waals surface area (Å²) >= 11 is 18.1. The van der Waals surface area contributed by atoms with Gasteiger partial charge in [-0.05, 0) is 24.3 Å². The standard InChI is InChI=1S/C12H7Cl3O/c13-7-3-1-4-8(14)11(7)12-9(15)5-2-6-10(12)16/h1-6,16H. The fourth-order valence-electron chi connectivity index (χ4n) is 1.50. The molecule has 4 heteroatoms. The SMILES string of the molecule is Oc1cccc(Cl)c1-c1c(Cl)cccc1Cl. The van der Waals surface area contributed by atoms with Crippen LogP contribution in [0.3, 0.4) is 0 Å². The van der Waals surface area contributed by atoms with Gasteiger partial charge in [-0.3, -0.25) is 0 Å². The Balaban J connectivity index is 2.77. The summed E-state index contributed by atoms with van der Waals surface area (Å²) in [5, 5.41) is 11.1. The van der Waals surface area contributed by atoms with Crippen molar-refractivity contribution >= 4 is 34.8 Å². The summed E-state index contributed by atoms with van der Waals surface area (Å²) in [5.74, 6) is 0.0579. The average Bonchev–Trinajstić information content (AvgIpc) is 2.21. The van der Waals surface area contributed by atoms with Crippen molar-refractivity contribution in [3.8, 4) is 16.9 Å². The Morgan fingerprint density at radius 1 is 0.688 bits per heavy atom. The zero-order chi connectivity index (χ0) is 11.7. The van der Waals surface area contributed by atoms with Gasteiger partial charge >= 0.3 is 0 Å². The van der Waals surface area contributed by atoms with Gasteiger partial charge in [0, 0.05) is 11.1 Å². The fraction of sp³-hybridized carbons (Fsp3) is 0. The van der Waals surface area contributed by atoms with Crippen LogP contribution in [0.15, 0.2) is 36.4 Å². The highest BCUT2D eigenvalue weighted by molar-refractivity contribution is 6.41. The van der Waals surface area contributed by atoms with Crippen LogP contribution in [0.2, 0.25) is 15.1 Å². The van der Waals surface area contributed by atoms with Crippen molar-refractivity contribution in [2.75, 3.05) is 0 Å². The summed E-state index contributed by atoms with van der Waals surface area (Å²) in [5.41, 5.74) is 1.01. The highest BCUT2D eigenvalue weighted by Crippen LogP contribution is 2.42. The van der Waals surface area contributed by atoms with Gasteiger partial charge in [0.2, 0.25) is 0 Å².